The van der Waals surface area contributed by atoms with Gasteiger partial charge in [0.1, 0.15) is 0 Å². The van der Waals surface area contributed by atoms with Crippen molar-refractivity contribution >= 4 is 23.2 Å². The fraction of sp³-hybridized carbons (Fsp3) is 0.652. The number of benzene rings is 1. The van der Waals surface area contributed by atoms with E-state index in [9.17, 15) is 9.59 Å². The van der Waals surface area contributed by atoms with E-state index in [1.165, 1.54) is 0 Å². The molecule has 0 aromatic heterocycles. The van der Waals surface area contributed by atoms with Crippen LogP contribution in [0.2, 0.25) is 0 Å². The Morgan fingerprint density at radius 2 is 1.71 bits per heavy atom. The minimum atomic E-state index is -0.209. The fourth-order valence-corrected chi connectivity index (χ4v) is 3.96. The molecule has 8 heteroatoms. The van der Waals surface area contributed by atoms with Crippen LogP contribution in [0.3, 0.4) is 0 Å². The lowest BCUT2D eigenvalue weighted by atomic mass is 10.2. The van der Waals surface area contributed by atoms with Crippen LogP contribution in [0, 0.1) is 0 Å². The lowest BCUT2D eigenvalue weighted by Crippen LogP contribution is -2.54. The maximum absolute atomic E-state index is 12.7. The Morgan fingerprint density at radius 3 is 2.35 bits per heavy atom. The van der Waals surface area contributed by atoms with E-state index in [-0.39, 0.29) is 17.9 Å². The van der Waals surface area contributed by atoms with Crippen molar-refractivity contribution in [1.29, 1.82) is 0 Å². The molecule has 2 aliphatic heterocycles. The number of rotatable bonds is 9. The molecule has 31 heavy (non-hydrogen) atoms. The first-order chi connectivity index (χ1) is 15.1. The van der Waals surface area contributed by atoms with Gasteiger partial charge in [0.15, 0.2) is 0 Å². The van der Waals surface area contributed by atoms with Crippen LogP contribution in [0.4, 0.5) is 11.4 Å². The molecule has 0 bridgehead atoms. The first kappa shape index (κ1) is 23.5. The Balaban J connectivity index is 1.40. The second kappa shape index (κ2) is 12.0. The molecule has 1 aromatic rings. The molecule has 0 unspecified atom stereocenters. The third kappa shape index (κ3) is 7.19. The standard InChI is InChI=1S/C23H37N5O3/c1-3-4-9-24-22(29)18-26-10-12-27(13-11-26)19(2)23(30)25-20-5-7-21(8-6-20)28-14-16-31-17-15-28/h5-8,19H,3-4,9-18H2,1-2H3,(H,24,29)(H,25,30)/t19-/m0/s1. The van der Waals surface area contributed by atoms with Gasteiger partial charge in [-0.05, 0) is 37.6 Å². The van der Waals surface area contributed by atoms with Crippen LogP contribution in [0.25, 0.3) is 0 Å². The highest BCUT2D eigenvalue weighted by atomic mass is 16.5. The molecule has 2 N–H and O–H groups in total. The molecule has 1 atom stereocenters. The van der Waals surface area contributed by atoms with Crippen LogP contribution in [0.5, 0.6) is 0 Å². The molecule has 2 heterocycles. The zero-order chi connectivity index (χ0) is 22.1. The van der Waals surface area contributed by atoms with Gasteiger partial charge < -0.3 is 20.3 Å². The van der Waals surface area contributed by atoms with E-state index in [2.05, 4.69) is 44.4 Å². The first-order valence-electron chi connectivity index (χ1n) is 11.5. The molecule has 0 radical (unpaired) electrons. The van der Waals surface area contributed by atoms with E-state index in [4.69, 9.17) is 4.74 Å². The lowest BCUT2D eigenvalue weighted by Gasteiger charge is -2.37. The summed E-state index contributed by atoms with van der Waals surface area (Å²) in [6.45, 7) is 11.7. The lowest BCUT2D eigenvalue weighted by molar-refractivity contribution is -0.124. The minimum Gasteiger partial charge on any atom is -0.378 e. The number of hydrogen-bond acceptors (Lipinski definition) is 6. The summed E-state index contributed by atoms with van der Waals surface area (Å²) in [7, 11) is 0. The van der Waals surface area contributed by atoms with Crippen molar-refractivity contribution in [3.8, 4) is 0 Å². The quantitative estimate of drug-likeness (QED) is 0.576. The smallest absolute Gasteiger partial charge is 0.241 e. The van der Waals surface area contributed by atoms with Crippen molar-refractivity contribution < 1.29 is 14.3 Å². The number of unbranched alkanes of at least 4 members (excludes halogenated alkanes) is 1. The van der Waals surface area contributed by atoms with E-state index >= 15 is 0 Å². The van der Waals surface area contributed by atoms with Crippen LogP contribution in [0.15, 0.2) is 24.3 Å². The summed E-state index contributed by atoms with van der Waals surface area (Å²) in [5, 5.41) is 6.01. The molecule has 2 fully saturated rings. The number of piperazine rings is 1. The van der Waals surface area contributed by atoms with Crippen LogP contribution < -0.4 is 15.5 Å². The van der Waals surface area contributed by atoms with Gasteiger partial charge in [0, 0.05) is 57.2 Å². The average molecular weight is 432 g/mol. The maximum atomic E-state index is 12.7. The first-order valence-corrected chi connectivity index (χ1v) is 11.5. The highest BCUT2D eigenvalue weighted by Crippen LogP contribution is 2.19. The minimum absolute atomic E-state index is 0.00452. The SMILES string of the molecule is CCCCNC(=O)CN1CCN([C@@H](C)C(=O)Nc2ccc(N3CCOCC3)cc2)CC1. The molecule has 3 rings (SSSR count). The molecule has 1 aromatic carbocycles. The van der Waals surface area contributed by atoms with Gasteiger partial charge in [-0.3, -0.25) is 19.4 Å². The molecule has 172 valence electrons. The number of ether oxygens (including phenoxy) is 1. The van der Waals surface area contributed by atoms with E-state index in [0.29, 0.717) is 6.54 Å². The molecule has 2 amide bonds. The average Bonchev–Trinajstić information content (AvgIpc) is 2.80. The van der Waals surface area contributed by atoms with Gasteiger partial charge in [-0.15, -0.1) is 0 Å². The molecule has 0 saturated carbocycles. The Hall–Kier alpha value is -2.16. The van der Waals surface area contributed by atoms with Crippen molar-refractivity contribution in [3.63, 3.8) is 0 Å². The molecule has 2 aliphatic rings. The summed E-state index contributed by atoms with van der Waals surface area (Å²) in [4.78, 5) is 31.4. The number of amides is 2. The Morgan fingerprint density at radius 1 is 1.03 bits per heavy atom. The summed E-state index contributed by atoms with van der Waals surface area (Å²) in [5.41, 5.74) is 1.97. The predicted molar refractivity (Wildman–Crippen MR) is 123 cm³/mol. The number of nitrogens with zero attached hydrogens (tertiary/aromatic N) is 3. The van der Waals surface area contributed by atoms with Gasteiger partial charge in [0.25, 0.3) is 0 Å². The van der Waals surface area contributed by atoms with Gasteiger partial charge in [-0.25, -0.2) is 0 Å². The van der Waals surface area contributed by atoms with Gasteiger partial charge in [0.05, 0.1) is 25.8 Å². The van der Waals surface area contributed by atoms with Crippen molar-refractivity contribution in [1.82, 2.24) is 15.1 Å². The third-order valence-electron chi connectivity index (χ3n) is 6.06. The summed E-state index contributed by atoms with van der Waals surface area (Å²) in [6.07, 6.45) is 2.10. The van der Waals surface area contributed by atoms with Gasteiger partial charge in [-0.2, -0.15) is 0 Å². The number of carbonyl (C=O) groups excluding carboxylic acids is 2. The normalized spacial score (nSPS) is 19.1. The second-order valence-electron chi connectivity index (χ2n) is 8.33. The predicted octanol–water partition coefficient (Wildman–Crippen LogP) is 1.38. The molecule has 0 spiro atoms. The van der Waals surface area contributed by atoms with Gasteiger partial charge >= 0.3 is 0 Å². The van der Waals surface area contributed by atoms with Crippen LogP contribution >= 0.6 is 0 Å². The fourth-order valence-electron chi connectivity index (χ4n) is 3.96. The summed E-state index contributed by atoms with van der Waals surface area (Å²) >= 11 is 0. The van der Waals surface area contributed by atoms with Crippen molar-refractivity contribution in [2.75, 3.05) is 75.8 Å². The molecular formula is C23H37N5O3. The highest BCUT2D eigenvalue weighted by molar-refractivity contribution is 5.94. The monoisotopic (exact) mass is 431 g/mol. The number of nitrogens with one attached hydrogen (secondary N) is 2. The van der Waals surface area contributed by atoms with E-state index in [1.807, 2.05) is 19.1 Å². The third-order valence-corrected chi connectivity index (χ3v) is 6.06. The topological polar surface area (TPSA) is 77.2 Å². The van der Waals surface area contributed by atoms with E-state index in [0.717, 1.165) is 83.2 Å². The van der Waals surface area contributed by atoms with E-state index in [1.54, 1.807) is 0 Å². The highest BCUT2D eigenvalue weighted by Gasteiger charge is 2.26. The number of carbonyl (C=O) groups is 2. The van der Waals surface area contributed by atoms with Crippen molar-refractivity contribution in [2.45, 2.75) is 32.7 Å². The molecule has 0 aliphatic carbocycles. The number of morpholine rings is 1. The van der Waals surface area contributed by atoms with Crippen molar-refractivity contribution in [2.24, 2.45) is 0 Å². The zero-order valence-corrected chi connectivity index (χ0v) is 18.9. The van der Waals surface area contributed by atoms with E-state index < -0.39 is 0 Å². The number of hydrogen-bond donors (Lipinski definition) is 2. The van der Waals surface area contributed by atoms with Gasteiger partial charge in [-0.1, -0.05) is 13.3 Å². The second-order valence-corrected chi connectivity index (χ2v) is 8.33. The van der Waals surface area contributed by atoms with Gasteiger partial charge in [0.2, 0.25) is 11.8 Å². The summed E-state index contributed by atoms with van der Waals surface area (Å²) < 4.78 is 5.40. The van der Waals surface area contributed by atoms with Crippen molar-refractivity contribution in [3.05, 3.63) is 24.3 Å². The Kier molecular flexibility index (Phi) is 9.12. The molecule has 2 saturated heterocycles. The Labute approximate surface area is 185 Å². The number of anilines is 2. The van der Waals surface area contributed by atoms with Crippen LogP contribution in [-0.2, 0) is 14.3 Å². The summed E-state index contributed by atoms with van der Waals surface area (Å²) in [6, 6.07) is 7.82. The summed E-state index contributed by atoms with van der Waals surface area (Å²) in [5.74, 6) is 0.0955. The zero-order valence-electron chi connectivity index (χ0n) is 18.9. The molecule has 8 nitrogen and oxygen atoms in total. The largest absolute Gasteiger partial charge is 0.378 e. The maximum Gasteiger partial charge on any atom is 0.241 e. The van der Waals surface area contributed by atoms with Crippen LogP contribution in [-0.4, -0.2) is 93.2 Å². The Bertz CT molecular complexity index is 698. The van der Waals surface area contributed by atoms with Crippen LogP contribution in [0.1, 0.15) is 26.7 Å². The molecular weight excluding hydrogens is 394 g/mol.